The van der Waals surface area contributed by atoms with Crippen LogP contribution in [0, 0.1) is 12.8 Å². The zero-order chi connectivity index (χ0) is 18.8. The molecule has 2 nitrogen and oxygen atoms in total. The summed E-state index contributed by atoms with van der Waals surface area (Å²) in [6.07, 6.45) is 3.46. The Kier molecular flexibility index (Phi) is 9.17. The van der Waals surface area contributed by atoms with E-state index in [-0.39, 0.29) is 0 Å². The molecule has 1 unspecified atom stereocenters. The molecular weight excluding hydrogens is 340 g/mol. The lowest BCUT2D eigenvalue weighted by atomic mass is 10.0. The minimum Gasteiger partial charge on any atom is -0.315 e. The fourth-order valence-corrected chi connectivity index (χ4v) is 3.50. The van der Waals surface area contributed by atoms with E-state index in [2.05, 4.69) is 73.9 Å². The number of rotatable bonds is 11. The van der Waals surface area contributed by atoms with Crippen molar-refractivity contribution < 1.29 is 0 Å². The van der Waals surface area contributed by atoms with Crippen molar-refractivity contribution in [1.82, 2.24) is 10.6 Å². The van der Waals surface area contributed by atoms with E-state index in [1.807, 2.05) is 6.07 Å². The lowest BCUT2D eigenvalue weighted by Crippen LogP contribution is -2.39. The van der Waals surface area contributed by atoms with Gasteiger partial charge in [-0.2, -0.15) is 0 Å². The summed E-state index contributed by atoms with van der Waals surface area (Å²) in [4.78, 5) is 0. The van der Waals surface area contributed by atoms with E-state index in [1.165, 1.54) is 23.1 Å². The predicted molar refractivity (Wildman–Crippen MR) is 114 cm³/mol. The van der Waals surface area contributed by atoms with Crippen LogP contribution in [0.15, 0.2) is 48.5 Å². The van der Waals surface area contributed by atoms with E-state index in [0.717, 1.165) is 37.5 Å². The maximum absolute atomic E-state index is 6.37. The summed E-state index contributed by atoms with van der Waals surface area (Å²) < 4.78 is 0. The van der Waals surface area contributed by atoms with Gasteiger partial charge >= 0.3 is 0 Å². The third-order valence-corrected chi connectivity index (χ3v) is 4.95. The van der Waals surface area contributed by atoms with E-state index in [1.54, 1.807) is 0 Å². The van der Waals surface area contributed by atoms with Crippen molar-refractivity contribution >= 4 is 11.6 Å². The SMILES string of the molecule is Cc1ccc(CNC(CNCCCc2ccccc2)CC(C)C)c(Cl)c1. The third kappa shape index (κ3) is 7.90. The number of nitrogens with one attached hydrogen (secondary N) is 2. The zero-order valence-corrected chi connectivity index (χ0v) is 17.2. The van der Waals surface area contributed by atoms with Crippen LogP contribution in [-0.2, 0) is 13.0 Å². The van der Waals surface area contributed by atoms with Gasteiger partial charge in [-0.05, 0) is 61.4 Å². The number of hydrogen-bond donors (Lipinski definition) is 2. The minimum atomic E-state index is 0.462. The van der Waals surface area contributed by atoms with Crippen molar-refractivity contribution in [3.63, 3.8) is 0 Å². The molecule has 0 saturated heterocycles. The summed E-state index contributed by atoms with van der Waals surface area (Å²) in [5.74, 6) is 0.673. The molecule has 0 saturated carbocycles. The van der Waals surface area contributed by atoms with Gasteiger partial charge in [0.2, 0.25) is 0 Å². The molecule has 2 rings (SSSR count). The predicted octanol–water partition coefficient (Wildman–Crippen LogP) is 5.38. The summed E-state index contributed by atoms with van der Waals surface area (Å²) >= 11 is 6.37. The fraction of sp³-hybridized carbons (Fsp3) is 0.478. The standard InChI is InChI=1S/C23H33ClN2/c1-18(2)14-22(26-16-21-12-11-19(3)15-23(21)24)17-25-13-7-10-20-8-5-4-6-9-20/h4-6,8-9,11-12,15,18,22,25-26H,7,10,13-14,16-17H2,1-3H3. The average Bonchev–Trinajstić information content (AvgIpc) is 2.60. The van der Waals surface area contributed by atoms with Gasteiger partial charge in [0.05, 0.1) is 0 Å². The van der Waals surface area contributed by atoms with Crippen LogP contribution in [0.25, 0.3) is 0 Å². The molecule has 142 valence electrons. The molecule has 0 fully saturated rings. The molecule has 2 aromatic carbocycles. The monoisotopic (exact) mass is 372 g/mol. The molecule has 3 heteroatoms. The average molecular weight is 373 g/mol. The van der Waals surface area contributed by atoms with Crippen molar-refractivity contribution in [2.24, 2.45) is 5.92 Å². The normalized spacial score (nSPS) is 12.5. The van der Waals surface area contributed by atoms with E-state index >= 15 is 0 Å². The Morgan fingerprint density at radius 1 is 1.04 bits per heavy atom. The highest BCUT2D eigenvalue weighted by Crippen LogP contribution is 2.18. The second-order valence-electron chi connectivity index (χ2n) is 7.60. The highest BCUT2D eigenvalue weighted by Gasteiger charge is 2.11. The Balaban J connectivity index is 1.73. The van der Waals surface area contributed by atoms with Gasteiger partial charge in [0.1, 0.15) is 0 Å². The molecule has 0 amide bonds. The molecule has 2 aromatic rings. The van der Waals surface area contributed by atoms with Crippen LogP contribution < -0.4 is 10.6 Å². The van der Waals surface area contributed by atoms with Gasteiger partial charge in [-0.25, -0.2) is 0 Å². The number of aryl methyl sites for hydroxylation is 2. The van der Waals surface area contributed by atoms with Crippen LogP contribution >= 0.6 is 11.6 Å². The maximum Gasteiger partial charge on any atom is 0.0453 e. The number of halogens is 1. The van der Waals surface area contributed by atoms with Crippen molar-refractivity contribution in [1.29, 1.82) is 0 Å². The molecule has 26 heavy (non-hydrogen) atoms. The quantitative estimate of drug-likeness (QED) is 0.518. The highest BCUT2D eigenvalue weighted by molar-refractivity contribution is 6.31. The first-order valence-corrected chi connectivity index (χ1v) is 10.2. The van der Waals surface area contributed by atoms with Crippen LogP contribution in [0.4, 0.5) is 0 Å². The van der Waals surface area contributed by atoms with Gasteiger partial charge in [0.25, 0.3) is 0 Å². The second-order valence-corrected chi connectivity index (χ2v) is 8.00. The summed E-state index contributed by atoms with van der Waals surface area (Å²) in [5.41, 5.74) is 3.80. The van der Waals surface area contributed by atoms with Gasteiger partial charge < -0.3 is 10.6 Å². The Bertz CT molecular complexity index is 640. The lowest BCUT2D eigenvalue weighted by molar-refractivity contribution is 0.396. The molecule has 0 aliphatic carbocycles. The lowest BCUT2D eigenvalue weighted by Gasteiger charge is -2.22. The Morgan fingerprint density at radius 3 is 2.50 bits per heavy atom. The highest BCUT2D eigenvalue weighted by atomic mass is 35.5. The van der Waals surface area contributed by atoms with Gasteiger partial charge in [0.15, 0.2) is 0 Å². The first-order chi connectivity index (χ1) is 12.5. The van der Waals surface area contributed by atoms with Crippen molar-refractivity contribution in [2.45, 2.75) is 52.6 Å². The van der Waals surface area contributed by atoms with E-state index in [0.29, 0.717) is 12.0 Å². The molecule has 0 aliphatic rings. The second kappa shape index (κ2) is 11.4. The van der Waals surface area contributed by atoms with Crippen molar-refractivity contribution in [3.8, 4) is 0 Å². The first-order valence-electron chi connectivity index (χ1n) is 9.77. The molecule has 0 bridgehead atoms. The van der Waals surface area contributed by atoms with Gasteiger partial charge in [-0.15, -0.1) is 0 Å². The third-order valence-electron chi connectivity index (χ3n) is 4.60. The topological polar surface area (TPSA) is 24.1 Å². The van der Waals surface area contributed by atoms with Gasteiger partial charge in [-0.1, -0.05) is 67.9 Å². The summed E-state index contributed by atoms with van der Waals surface area (Å²) in [6.45, 7) is 9.50. The summed E-state index contributed by atoms with van der Waals surface area (Å²) in [5, 5.41) is 8.17. The van der Waals surface area contributed by atoms with Crippen LogP contribution in [0.5, 0.6) is 0 Å². The smallest absolute Gasteiger partial charge is 0.0453 e. The van der Waals surface area contributed by atoms with E-state index in [4.69, 9.17) is 11.6 Å². The Hall–Kier alpha value is -1.35. The Labute approximate surface area is 164 Å². The molecule has 0 aromatic heterocycles. The van der Waals surface area contributed by atoms with E-state index < -0.39 is 0 Å². The maximum atomic E-state index is 6.37. The zero-order valence-electron chi connectivity index (χ0n) is 16.4. The molecule has 1 atom stereocenters. The van der Waals surface area contributed by atoms with Crippen LogP contribution in [-0.4, -0.2) is 19.1 Å². The molecule has 0 spiro atoms. The molecule has 0 radical (unpaired) electrons. The summed E-state index contributed by atoms with van der Waals surface area (Å²) in [6, 6.07) is 17.5. The fourth-order valence-electron chi connectivity index (χ4n) is 3.20. The van der Waals surface area contributed by atoms with Crippen molar-refractivity contribution in [2.75, 3.05) is 13.1 Å². The van der Waals surface area contributed by atoms with Crippen LogP contribution in [0.1, 0.15) is 43.4 Å². The van der Waals surface area contributed by atoms with Gasteiger partial charge in [-0.3, -0.25) is 0 Å². The molecule has 2 N–H and O–H groups in total. The molecule has 0 heterocycles. The molecular formula is C23H33ClN2. The van der Waals surface area contributed by atoms with E-state index in [9.17, 15) is 0 Å². The molecule has 0 aliphatic heterocycles. The largest absolute Gasteiger partial charge is 0.315 e. The van der Waals surface area contributed by atoms with Crippen molar-refractivity contribution in [3.05, 3.63) is 70.2 Å². The van der Waals surface area contributed by atoms with Crippen LogP contribution in [0.3, 0.4) is 0 Å². The number of hydrogen-bond acceptors (Lipinski definition) is 2. The first kappa shape index (κ1) is 21.0. The van der Waals surface area contributed by atoms with Gasteiger partial charge in [0, 0.05) is 24.2 Å². The summed E-state index contributed by atoms with van der Waals surface area (Å²) in [7, 11) is 0. The Morgan fingerprint density at radius 2 is 1.81 bits per heavy atom. The minimum absolute atomic E-state index is 0.462. The number of benzene rings is 2. The van der Waals surface area contributed by atoms with Crippen LogP contribution in [0.2, 0.25) is 5.02 Å².